The molecule has 4 heteroatoms. The van der Waals surface area contributed by atoms with Gasteiger partial charge >= 0.3 is 0 Å². The van der Waals surface area contributed by atoms with Crippen LogP contribution in [0.15, 0.2) is 48.5 Å². The van der Waals surface area contributed by atoms with Crippen molar-refractivity contribution in [2.75, 3.05) is 13.6 Å². The summed E-state index contributed by atoms with van der Waals surface area (Å²) in [5.74, 6) is 4.11. The number of hydrogen-bond acceptors (Lipinski definition) is 4. The molecular weight excluding hydrogens is 544 g/mol. The molecule has 242 valence electrons. The maximum absolute atomic E-state index is 6.09. The Bertz CT molecular complexity index is 1180. The fraction of sp³-hybridized carbons (Fsp3) is 0.550. The van der Waals surface area contributed by atoms with E-state index in [4.69, 9.17) is 18.9 Å². The van der Waals surface area contributed by atoms with Gasteiger partial charge in [0.2, 0.25) is 0 Å². The highest BCUT2D eigenvalue weighted by Gasteiger charge is 2.19. The quantitative estimate of drug-likeness (QED) is 0.121. The molecule has 0 atom stereocenters. The monoisotopic (exact) mass is 602 g/mol. The van der Waals surface area contributed by atoms with Gasteiger partial charge in [-0.2, -0.15) is 0 Å². The minimum Gasteiger partial charge on any atom is -0.467 e. The lowest BCUT2D eigenvalue weighted by Gasteiger charge is -2.23. The number of ether oxygens (including phenoxy) is 4. The Hall–Kier alpha value is -2.82. The lowest BCUT2D eigenvalue weighted by molar-refractivity contribution is 0.000478. The molecule has 0 radical (unpaired) electrons. The third-order valence-corrected chi connectivity index (χ3v) is 8.42. The van der Waals surface area contributed by atoms with Crippen LogP contribution in [0.25, 0.3) is 0 Å². The van der Waals surface area contributed by atoms with Crippen LogP contribution in [0.4, 0.5) is 0 Å². The summed E-state index contributed by atoms with van der Waals surface area (Å²) in [6, 6.07) is 17.1. The summed E-state index contributed by atoms with van der Waals surface area (Å²) in [6.07, 6.45) is 0. The Kier molecular flexibility index (Phi) is 13.4. The highest BCUT2D eigenvalue weighted by Crippen LogP contribution is 2.34. The van der Waals surface area contributed by atoms with Crippen LogP contribution in [0.2, 0.25) is 0 Å². The molecule has 4 nitrogen and oxygen atoms in total. The van der Waals surface area contributed by atoms with E-state index < -0.39 is 0 Å². The molecule has 0 N–H and O–H groups in total. The van der Waals surface area contributed by atoms with E-state index in [0.717, 1.165) is 0 Å². The summed E-state index contributed by atoms with van der Waals surface area (Å²) in [5.41, 5.74) is 10.8. The summed E-state index contributed by atoms with van der Waals surface area (Å²) in [5, 5.41) is 0. The highest BCUT2D eigenvalue weighted by atomic mass is 16.7. The maximum Gasteiger partial charge on any atom is 0.189 e. The van der Waals surface area contributed by atoms with Crippen molar-refractivity contribution in [1.29, 1.82) is 0 Å². The first-order valence-corrected chi connectivity index (χ1v) is 16.6. The van der Waals surface area contributed by atoms with Crippen molar-refractivity contribution in [2.45, 2.75) is 132 Å². The van der Waals surface area contributed by atoms with E-state index in [2.05, 4.69) is 107 Å². The standard InChI is InChI=1S/C40H58O4/c1-25(2)31-16-35(27(5)6)39(36(17-31)28(7)8)21-41-23-43-33-14-13-15-34(20-33)44-24-42-22-40-37(29(9)10)18-32(26(3)4)19-38(40)30(11)12/h13-20,25-30H,21-24H2,1-12H3. The summed E-state index contributed by atoms with van der Waals surface area (Å²) in [6.45, 7) is 28.5. The second-order valence-corrected chi connectivity index (χ2v) is 14.0. The molecular formula is C40H58O4. The van der Waals surface area contributed by atoms with Crippen LogP contribution < -0.4 is 9.47 Å². The third kappa shape index (κ3) is 9.59. The van der Waals surface area contributed by atoms with Gasteiger partial charge in [-0.25, -0.2) is 0 Å². The Morgan fingerprint density at radius 1 is 0.432 bits per heavy atom. The largest absolute Gasteiger partial charge is 0.467 e. The molecule has 0 spiro atoms. The first-order chi connectivity index (χ1) is 20.8. The van der Waals surface area contributed by atoms with Crippen molar-refractivity contribution in [2.24, 2.45) is 0 Å². The third-order valence-electron chi connectivity index (χ3n) is 8.42. The molecule has 0 amide bonds. The Balaban J connectivity index is 1.60. The minimum atomic E-state index is 0.170. The first-order valence-electron chi connectivity index (χ1n) is 16.6. The Morgan fingerprint density at radius 3 is 1.02 bits per heavy atom. The van der Waals surface area contributed by atoms with Crippen molar-refractivity contribution in [3.8, 4) is 11.5 Å². The van der Waals surface area contributed by atoms with Gasteiger partial charge in [-0.3, -0.25) is 0 Å². The predicted molar refractivity (Wildman–Crippen MR) is 184 cm³/mol. The first kappa shape index (κ1) is 35.7. The van der Waals surface area contributed by atoms with Gasteiger partial charge in [-0.15, -0.1) is 0 Å². The van der Waals surface area contributed by atoms with E-state index in [9.17, 15) is 0 Å². The van der Waals surface area contributed by atoms with Crippen molar-refractivity contribution in [3.63, 3.8) is 0 Å². The van der Waals surface area contributed by atoms with Gasteiger partial charge in [0.25, 0.3) is 0 Å². The zero-order valence-electron chi connectivity index (χ0n) is 29.5. The fourth-order valence-electron chi connectivity index (χ4n) is 5.70. The molecule has 0 aromatic heterocycles. The van der Waals surface area contributed by atoms with E-state index >= 15 is 0 Å². The molecule has 44 heavy (non-hydrogen) atoms. The van der Waals surface area contributed by atoms with E-state index in [-0.39, 0.29) is 13.6 Å². The molecule has 3 rings (SSSR count). The highest BCUT2D eigenvalue weighted by molar-refractivity contribution is 5.44. The molecule has 0 saturated heterocycles. The van der Waals surface area contributed by atoms with Crippen LogP contribution in [0.5, 0.6) is 11.5 Å². The molecule has 0 aliphatic rings. The minimum absolute atomic E-state index is 0.170. The van der Waals surface area contributed by atoms with Crippen molar-refractivity contribution < 1.29 is 18.9 Å². The molecule has 0 aliphatic heterocycles. The zero-order valence-corrected chi connectivity index (χ0v) is 29.5. The molecule has 0 fully saturated rings. The zero-order chi connectivity index (χ0) is 32.6. The summed E-state index contributed by atoms with van der Waals surface area (Å²) in [4.78, 5) is 0. The van der Waals surface area contributed by atoms with Gasteiger partial charge < -0.3 is 18.9 Å². The molecule has 3 aromatic carbocycles. The van der Waals surface area contributed by atoms with Crippen molar-refractivity contribution in [1.82, 2.24) is 0 Å². The normalized spacial score (nSPS) is 12.0. The maximum atomic E-state index is 6.09. The lowest BCUT2D eigenvalue weighted by Crippen LogP contribution is -2.11. The van der Waals surface area contributed by atoms with E-state index in [1.165, 1.54) is 44.5 Å². The van der Waals surface area contributed by atoms with Crippen LogP contribution >= 0.6 is 0 Å². The Morgan fingerprint density at radius 2 is 0.750 bits per heavy atom. The topological polar surface area (TPSA) is 36.9 Å². The average molecular weight is 603 g/mol. The van der Waals surface area contributed by atoms with E-state index in [0.29, 0.717) is 60.2 Å². The average Bonchev–Trinajstić information content (AvgIpc) is 2.96. The van der Waals surface area contributed by atoms with Crippen LogP contribution in [-0.4, -0.2) is 13.6 Å². The Labute approximate surface area is 268 Å². The molecule has 0 unspecified atom stereocenters. The fourth-order valence-corrected chi connectivity index (χ4v) is 5.70. The van der Waals surface area contributed by atoms with Gasteiger partial charge in [-0.05, 0) is 92.1 Å². The van der Waals surface area contributed by atoms with Crippen molar-refractivity contribution in [3.05, 3.63) is 93.0 Å². The second-order valence-electron chi connectivity index (χ2n) is 14.0. The number of benzene rings is 3. The van der Waals surface area contributed by atoms with Gasteiger partial charge in [0.15, 0.2) is 13.6 Å². The van der Waals surface area contributed by atoms with E-state index in [1.54, 1.807) is 0 Å². The summed E-state index contributed by atoms with van der Waals surface area (Å²) in [7, 11) is 0. The van der Waals surface area contributed by atoms with Crippen LogP contribution in [0.3, 0.4) is 0 Å². The SMILES string of the molecule is CC(C)c1cc(C(C)C)c(COCOc2cccc(OCOCc3c(C(C)C)cc(C(C)C)cc3C(C)C)c2)c(C(C)C)c1. The summed E-state index contributed by atoms with van der Waals surface area (Å²) < 4.78 is 24.1. The summed E-state index contributed by atoms with van der Waals surface area (Å²) >= 11 is 0. The molecule has 0 aliphatic carbocycles. The predicted octanol–water partition coefficient (Wildman–Crippen LogP) is 11.5. The van der Waals surface area contributed by atoms with E-state index in [1.807, 2.05) is 24.3 Å². The molecule has 0 heterocycles. The van der Waals surface area contributed by atoms with Crippen LogP contribution in [0, 0.1) is 0 Å². The second kappa shape index (κ2) is 16.5. The van der Waals surface area contributed by atoms with Gasteiger partial charge in [0.05, 0.1) is 13.2 Å². The number of hydrogen-bond donors (Lipinski definition) is 0. The van der Waals surface area contributed by atoms with Gasteiger partial charge in [0.1, 0.15) is 11.5 Å². The molecule has 0 saturated carbocycles. The van der Waals surface area contributed by atoms with Gasteiger partial charge in [0, 0.05) is 6.07 Å². The van der Waals surface area contributed by atoms with Crippen molar-refractivity contribution >= 4 is 0 Å². The van der Waals surface area contributed by atoms with Crippen LogP contribution in [0.1, 0.15) is 163 Å². The lowest BCUT2D eigenvalue weighted by atomic mass is 9.85. The molecule has 3 aromatic rings. The van der Waals surface area contributed by atoms with Gasteiger partial charge in [-0.1, -0.05) is 113 Å². The molecule has 0 bridgehead atoms. The smallest absolute Gasteiger partial charge is 0.189 e. The van der Waals surface area contributed by atoms with Crippen LogP contribution in [-0.2, 0) is 22.7 Å². The number of rotatable bonds is 16.